The third kappa shape index (κ3) is 1.82. The fourth-order valence-electron chi connectivity index (χ4n) is 2.90. The zero-order valence-corrected chi connectivity index (χ0v) is 12.0. The minimum absolute atomic E-state index is 0.644. The third-order valence-corrected chi connectivity index (χ3v) is 3.96. The van der Waals surface area contributed by atoms with Crippen molar-refractivity contribution in [2.75, 3.05) is 10.7 Å². The molecule has 5 N–H and O–H groups in total. The van der Waals surface area contributed by atoms with Crippen LogP contribution in [0, 0.1) is 0 Å². The van der Waals surface area contributed by atoms with Crippen molar-refractivity contribution in [3.8, 4) is 0 Å². The van der Waals surface area contributed by atoms with Gasteiger partial charge >= 0.3 is 0 Å². The quantitative estimate of drug-likeness (QED) is 0.297. The lowest BCUT2D eigenvalue weighted by Crippen LogP contribution is -2.26. The van der Waals surface area contributed by atoms with E-state index in [1.54, 1.807) is 5.01 Å². The molecule has 0 unspecified atom stereocenters. The molecule has 0 saturated heterocycles. The molecule has 0 radical (unpaired) electrons. The number of nitrogens with zero attached hydrogens (tertiary/aromatic N) is 1. The van der Waals surface area contributed by atoms with Gasteiger partial charge in [-0.25, -0.2) is 5.84 Å². The van der Waals surface area contributed by atoms with Gasteiger partial charge < -0.3 is 10.7 Å². The van der Waals surface area contributed by atoms with E-state index in [1.165, 1.54) is 5.39 Å². The summed E-state index contributed by atoms with van der Waals surface area (Å²) in [7, 11) is 0. The molecular formula is C18H16N4. The first-order chi connectivity index (χ1) is 10.8. The van der Waals surface area contributed by atoms with Crippen molar-refractivity contribution in [3.05, 3.63) is 66.7 Å². The van der Waals surface area contributed by atoms with Crippen LogP contribution in [0.1, 0.15) is 0 Å². The van der Waals surface area contributed by atoms with E-state index in [0.717, 1.165) is 27.8 Å². The fourth-order valence-corrected chi connectivity index (χ4v) is 2.90. The van der Waals surface area contributed by atoms with Crippen LogP contribution in [0.25, 0.3) is 21.8 Å². The molecule has 1 aromatic heterocycles. The van der Waals surface area contributed by atoms with Crippen LogP contribution in [0.3, 0.4) is 0 Å². The van der Waals surface area contributed by atoms with E-state index in [9.17, 15) is 0 Å². The molecule has 22 heavy (non-hydrogen) atoms. The first-order valence-electron chi connectivity index (χ1n) is 7.14. The van der Waals surface area contributed by atoms with Crippen LogP contribution in [0.2, 0.25) is 0 Å². The van der Waals surface area contributed by atoms with Crippen molar-refractivity contribution in [2.45, 2.75) is 0 Å². The Morgan fingerprint density at radius 3 is 2.32 bits per heavy atom. The normalized spacial score (nSPS) is 11.1. The summed E-state index contributed by atoms with van der Waals surface area (Å²) < 4.78 is 0. The first kappa shape index (κ1) is 12.7. The molecule has 0 aliphatic heterocycles. The number of rotatable bonds is 2. The predicted molar refractivity (Wildman–Crippen MR) is 93.0 cm³/mol. The maximum Gasteiger partial charge on any atom is 0.105 e. The third-order valence-electron chi connectivity index (χ3n) is 3.96. The van der Waals surface area contributed by atoms with Gasteiger partial charge in [0.05, 0.1) is 16.9 Å². The van der Waals surface area contributed by atoms with Crippen molar-refractivity contribution in [3.63, 3.8) is 0 Å². The molecule has 0 saturated carbocycles. The highest BCUT2D eigenvalue weighted by Gasteiger charge is 2.15. The Hall–Kier alpha value is -2.98. The minimum Gasteiger partial charge on any atom is -0.397 e. The maximum atomic E-state index is 6.34. The van der Waals surface area contributed by atoms with Crippen LogP contribution in [-0.2, 0) is 0 Å². The lowest BCUT2D eigenvalue weighted by molar-refractivity contribution is 1.09. The van der Waals surface area contributed by atoms with Gasteiger partial charge in [0, 0.05) is 16.3 Å². The molecule has 0 bridgehead atoms. The van der Waals surface area contributed by atoms with Crippen LogP contribution in [-0.4, -0.2) is 4.98 Å². The summed E-state index contributed by atoms with van der Waals surface area (Å²) in [5, 5.41) is 3.92. The number of hydrogen-bond acceptors (Lipinski definition) is 3. The highest BCUT2D eigenvalue weighted by atomic mass is 15.4. The van der Waals surface area contributed by atoms with Gasteiger partial charge in [0.15, 0.2) is 0 Å². The summed E-state index contributed by atoms with van der Waals surface area (Å²) in [5.74, 6) is 6.34. The summed E-state index contributed by atoms with van der Waals surface area (Å²) in [6.45, 7) is 0. The van der Waals surface area contributed by atoms with Crippen molar-refractivity contribution < 1.29 is 0 Å². The Labute approximate surface area is 127 Å². The minimum atomic E-state index is 0.644. The van der Waals surface area contributed by atoms with E-state index in [0.29, 0.717) is 5.69 Å². The van der Waals surface area contributed by atoms with Crippen LogP contribution < -0.4 is 16.6 Å². The van der Waals surface area contributed by atoms with Gasteiger partial charge in [-0.05, 0) is 24.3 Å². The standard InChI is InChI=1S/C18H16N4/c19-15-11-10-14-13-8-4-5-9-16(13)21-17(14)18(15)22(20)12-6-2-1-3-7-12/h1-11,21H,19-20H2. The van der Waals surface area contributed by atoms with E-state index in [2.05, 4.69) is 17.1 Å². The summed E-state index contributed by atoms with van der Waals surface area (Å²) >= 11 is 0. The number of anilines is 3. The van der Waals surface area contributed by atoms with Crippen LogP contribution >= 0.6 is 0 Å². The molecule has 4 heteroatoms. The summed E-state index contributed by atoms with van der Waals surface area (Å²) in [4.78, 5) is 3.44. The first-order valence-corrected chi connectivity index (χ1v) is 7.14. The van der Waals surface area contributed by atoms with E-state index in [4.69, 9.17) is 11.6 Å². The Kier molecular flexibility index (Phi) is 2.77. The van der Waals surface area contributed by atoms with Gasteiger partial charge in [-0.1, -0.05) is 42.5 Å². The molecule has 3 aromatic carbocycles. The van der Waals surface area contributed by atoms with Gasteiger partial charge in [0.1, 0.15) is 5.69 Å². The summed E-state index contributed by atoms with van der Waals surface area (Å²) in [5.41, 5.74) is 10.6. The molecule has 0 aliphatic carbocycles. The molecule has 1 heterocycles. The molecule has 4 nitrogen and oxygen atoms in total. The Balaban J connectivity index is 2.02. The molecule has 0 aliphatic rings. The smallest absolute Gasteiger partial charge is 0.105 e. The predicted octanol–water partition coefficient (Wildman–Crippen LogP) is 3.92. The number of aromatic nitrogens is 1. The molecule has 4 rings (SSSR count). The van der Waals surface area contributed by atoms with Gasteiger partial charge in [0.2, 0.25) is 0 Å². The zero-order chi connectivity index (χ0) is 15.1. The number of nitrogens with one attached hydrogen (secondary N) is 1. The number of nitrogen functional groups attached to an aromatic ring is 1. The molecule has 0 atom stereocenters. The Morgan fingerprint density at radius 2 is 1.50 bits per heavy atom. The summed E-state index contributed by atoms with van der Waals surface area (Å²) in [6.07, 6.45) is 0. The highest BCUT2D eigenvalue weighted by Crippen LogP contribution is 2.37. The van der Waals surface area contributed by atoms with Crippen LogP contribution in [0.5, 0.6) is 0 Å². The van der Waals surface area contributed by atoms with E-state index in [-0.39, 0.29) is 0 Å². The van der Waals surface area contributed by atoms with Crippen molar-refractivity contribution in [2.24, 2.45) is 5.84 Å². The van der Waals surface area contributed by atoms with E-state index in [1.807, 2.05) is 54.6 Å². The Morgan fingerprint density at radius 1 is 0.773 bits per heavy atom. The van der Waals surface area contributed by atoms with Crippen molar-refractivity contribution >= 4 is 38.9 Å². The van der Waals surface area contributed by atoms with Gasteiger partial charge in [-0.15, -0.1) is 0 Å². The number of hydrogen-bond donors (Lipinski definition) is 3. The SMILES string of the molecule is Nc1ccc2c([nH]c3ccccc32)c1N(N)c1ccccc1. The number of H-pyrrole nitrogens is 1. The van der Waals surface area contributed by atoms with Gasteiger partial charge in [0.25, 0.3) is 0 Å². The van der Waals surface area contributed by atoms with Crippen LogP contribution in [0.15, 0.2) is 66.7 Å². The molecule has 0 fully saturated rings. The van der Waals surface area contributed by atoms with Crippen LogP contribution in [0.4, 0.5) is 17.1 Å². The molecule has 108 valence electrons. The molecule has 0 spiro atoms. The second-order valence-corrected chi connectivity index (χ2v) is 5.30. The van der Waals surface area contributed by atoms with E-state index >= 15 is 0 Å². The average molecular weight is 288 g/mol. The number of hydrazine groups is 1. The van der Waals surface area contributed by atoms with Gasteiger partial charge in [-0.3, -0.25) is 5.01 Å². The number of aromatic amines is 1. The highest BCUT2D eigenvalue weighted by molar-refractivity contribution is 6.13. The zero-order valence-electron chi connectivity index (χ0n) is 12.0. The number of benzene rings is 3. The lowest BCUT2D eigenvalue weighted by Gasteiger charge is -2.21. The lowest BCUT2D eigenvalue weighted by atomic mass is 10.1. The fraction of sp³-hybridized carbons (Fsp3) is 0. The molecular weight excluding hydrogens is 272 g/mol. The van der Waals surface area contributed by atoms with Gasteiger partial charge in [-0.2, -0.15) is 0 Å². The monoisotopic (exact) mass is 288 g/mol. The number of fused-ring (bicyclic) bond motifs is 3. The molecule has 0 amide bonds. The Bertz CT molecular complexity index is 957. The summed E-state index contributed by atoms with van der Waals surface area (Å²) in [6, 6.07) is 21.9. The topological polar surface area (TPSA) is 71.1 Å². The second kappa shape index (κ2) is 4.79. The number of nitrogens with two attached hydrogens (primary N) is 2. The average Bonchev–Trinajstić information content (AvgIpc) is 2.93. The largest absolute Gasteiger partial charge is 0.397 e. The second-order valence-electron chi connectivity index (χ2n) is 5.30. The maximum absolute atomic E-state index is 6.34. The number of para-hydroxylation sites is 2. The van der Waals surface area contributed by atoms with Crippen molar-refractivity contribution in [1.29, 1.82) is 0 Å². The molecule has 4 aromatic rings. The van der Waals surface area contributed by atoms with E-state index < -0.39 is 0 Å². The van der Waals surface area contributed by atoms with Crippen molar-refractivity contribution in [1.82, 2.24) is 4.98 Å².